The fourth-order valence-electron chi connectivity index (χ4n) is 3.54. The smallest absolute Gasteiger partial charge is 0.151 e. The molecule has 5 rings (SSSR count). The van der Waals surface area contributed by atoms with Crippen LogP contribution in [0, 0.1) is 3.57 Å². The van der Waals surface area contributed by atoms with Crippen LogP contribution < -0.4 is 9.47 Å². The highest BCUT2D eigenvalue weighted by Crippen LogP contribution is 2.42. The first kappa shape index (κ1) is 21.0. The van der Waals surface area contributed by atoms with Crippen LogP contribution in [0.25, 0.3) is 10.7 Å². The average Bonchev–Trinajstić information content (AvgIpc) is 2.84. The molecule has 3 nitrogen and oxygen atoms in total. The molecule has 0 amide bonds. The van der Waals surface area contributed by atoms with E-state index >= 15 is 0 Å². The van der Waals surface area contributed by atoms with Crippen LogP contribution in [0.4, 0.5) is 0 Å². The normalized spacial score (nSPS) is 15.1. The first-order valence-electron chi connectivity index (χ1n) is 10.1. The van der Waals surface area contributed by atoms with E-state index in [1.807, 2.05) is 103 Å². The molecule has 5 heteroatoms. The fraction of sp³-hybridized carbons (Fsp3) is 0.0370. The van der Waals surface area contributed by atoms with E-state index in [1.54, 1.807) is 0 Å². The summed E-state index contributed by atoms with van der Waals surface area (Å²) in [5.41, 5.74) is 2.80. The Bertz CT molecular complexity index is 1310. The van der Waals surface area contributed by atoms with Gasteiger partial charge in [0.2, 0.25) is 0 Å². The predicted molar refractivity (Wildman–Crippen MR) is 137 cm³/mol. The lowest BCUT2D eigenvalue weighted by molar-refractivity contribution is 0.306. The van der Waals surface area contributed by atoms with Gasteiger partial charge in [0, 0.05) is 9.13 Å². The second kappa shape index (κ2) is 9.30. The Balaban J connectivity index is 1.56. The molecule has 4 aromatic rings. The molecule has 32 heavy (non-hydrogen) atoms. The first-order valence-corrected chi connectivity index (χ1v) is 12.4. The highest BCUT2D eigenvalue weighted by molar-refractivity contribution is 14.1. The molecular weight excluding hydrogens is 531 g/mol. The molecule has 0 unspecified atom stereocenters. The molecule has 1 heterocycles. The molecule has 0 aliphatic carbocycles. The maximum atomic E-state index is 13.7. The van der Waals surface area contributed by atoms with Crippen molar-refractivity contribution in [2.24, 2.45) is 0 Å². The van der Waals surface area contributed by atoms with Gasteiger partial charge in [-0.2, -0.15) is 0 Å². The Morgan fingerprint density at radius 1 is 0.781 bits per heavy atom. The van der Waals surface area contributed by atoms with E-state index in [9.17, 15) is 4.21 Å². The SMILES string of the molecule is O=[S@]1C(c2cccc(OCc3ccccc3)c2)=C(c2ccc(I)cc2)Oc2ccccc21. The molecule has 0 spiro atoms. The Labute approximate surface area is 203 Å². The zero-order valence-electron chi connectivity index (χ0n) is 17.0. The number of hydrogen-bond acceptors (Lipinski definition) is 3. The highest BCUT2D eigenvalue weighted by atomic mass is 127. The van der Waals surface area contributed by atoms with E-state index in [-0.39, 0.29) is 0 Å². The Morgan fingerprint density at radius 3 is 2.34 bits per heavy atom. The van der Waals surface area contributed by atoms with Gasteiger partial charge in [0.1, 0.15) is 18.1 Å². The summed E-state index contributed by atoms with van der Waals surface area (Å²) in [7, 11) is -1.39. The molecule has 0 fully saturated rings. The molecule has 0 radical (unpaired) electrons. The lowest BCUT2D eigenvalue weighted by atomic mass is 10.1. The first-order chi connectivity index (χ1) is 15.7. The summed E-state index contributed by atoms with van der Waals surface area (Å²) in [6, 6.07) is 33.3. The summed E-state index contributed by atoms with van der Waals surface area (Å²) in [5.74, 6) is 1.95. The van der Waals surface area contributed by atoms with Crippen LogP contribution in [-0.4, -0.2) is 4.21 Å². The Hall–Kier alpha value is -2.90. The fourth-order valence-corrected chi connectivity index (χ4v) is 5.28. The summed E-state index contributed by atoms with van der Waals surface area (Å²) in [4.78, 5) is 1.32. The molecular formula is C27H19IO3S. The molecule has 0 saturated carbocycles. The van der Waals surface area contributed by atoms with Gasteiger partial charge >= 0.3 is 0 Å². The van der Waals surface area contributed by atoms with Crippen molar-refractivity contribution in [1.29, 1.82) is 0 Å². The topological polar surface area (TPSA) is 35.5 Å². The number of halogens is 1. The van der Waals surface area contributed by atoms with Gasteiger partial charge in [-0.3, -0.25) is 0 Å². The maximum absolute atomic E-state index is 13.7. The van der Waals surface area contributed by atoms with Gasteiger partial charge in [0.15, 0.2) is 5.76 Å². The van der Waals surface area contributed by atoms with Crippen molar-refractivity contribution in [3.8, 4) is 11.5 Å². The second-order valence-electron chi connectivity index (χ2n) is 7.28. The number of para-hydroxylation sites is 1. The summed E-state index contributed by atoms with van der Waals surface area (Å²) in [6.07, 6.45) is 0. The summed E-state index contributed by atoms with van der Waals surface area (Å²) < 4.78 is 27.1. The Kier molecular flexibility index (Phi) is 6.10. The van der Waals surface area contributed by atoms with Gasteiger partial charge in [-0.25, -0.2) is 4.21 Å². The van der Waals surface area contributed by atoms with Crippen LogP contribution in [0.15, 0.2) is 108 Å². The summed E-state index contributed by atoms with van der Waals surface area (Å²) in [6.45, 7) is 0.468. The minimum absolute atomic E-state index is 0.468. The summed E-state index contributed by atoms with van der Waals surface area (Å²) in [5, 5.41) is 0. The summed E-state index contributed by atoms with van der Waals surface area (Å²) >= 11 is 2.27. The number of benzene rings is 4. The van der Waals surface area contributed by atoms with Crippen LogP contribution in [0.5, 0.6) is 11.5 Å². The van der Waals surface area contributed by atoms with Crippen molar-refractivity contribution in [3.05, 3.63) is 123 Å². The molecule has 4 aromatic carbocycles. The van der Waals surface area contributed by atoms with Gasteiger partial charge in [-0.1, -0.05) is 66.7 Å². The van der Waals surface area contributed by atoms with Crippen LogP contribution in [0.3, 0.4) is 0 Å². The molecule has 1 aliphatic rings. The average molecular weight is 550 g/mol. The van der Waals surface area contributed by atoms with Crippen molar-refractivity contribution in [2.45, 2.75) is 11.5 Å². The predicted octanol–water partition coefficient (Wildman–Crippen LogP) is 6.90. The largest absolute Gasteiger partial charge is 0.489 e. The van der Waals surface area contributed by atoms with E-state index in [1.165, 1.54) is 0 Å². The van der Waals surface area contributed by atoms with Crippen LogP contribution in [-0.2, 0) is 17.4 Å². The van der Waals surface area contributed by atoms with E-state index in [0.29, 0.717) is 27.9 Å². The maximum Gasteiger partial charge on any atom is 0.151 e. The van der Waals surface area contributed by atoms with Gasteiger partial charge in [-0.05, 0) is 70.1 Å². The molecule has 0 bridgehead atoms. The minimum atomic E-state index is -1.39. The van der Waals surface area contributed by atoms with Gasteiger partial charge < -0.3 is 9.47 Å². The second-order valence-corrected chi connectivity index (χ2v) is 9.92. The highest BCUT2D eigenvalue weighted by Gasteiger charge is 2.29. The lowest BCUT2D eigenvalue weighted by Crippen LogP contribution is -2.11. The minimum Gasteiger partial charge on any atom is -0.489 e. The van der Waals surface area contributed by atoms with Crippen LogP contribution >= 0.6 is 22.6 Å². The van der Waals surface area contributed by atoms with E-state index in [0.717, 1.165) is 26.0 Å². The van der Waals surface area contributed by atoms with Gasteiger partial charge in [0.25, 0.3) is 0 Å². The third-order valence-corrected chi connectivity index (χ3v) is 7.35. The van der Waals surface area contributed by atoms with Gasteiger partial charge in [-0.15, -0.1) is 0 Å². The van der Waals surface area contributed by atoms with Crippen molar-refractivity contribution >= 4 is 44.1 Å². The third-order valence-electron chi connectivity index (χ3n) is 5.10. The number of rotatable bonds is 5. The number of fused-ring (bicyclic) bond motifs is 1. The molecule has 0 saturated heterocycles. The van der Waals surface area contributed by atoms with E-state index < -0.39 is 10.8 Å². The third kappa shape index (κ3) is 4.36. The van der Waals surface area contributed by atoms with Crippen molar-refractivity contribution in [1.82, 2.24) is 0 Å². The van der Waals surface area contributed by atoms with Crippen molar-refractivity contribution < 1.29 is 13.7 Å². The standard InChI is InChI=1S/C27H19IO3S/c28-22-15-13-20(14-16-22)26-27(32(29)25-12-5-4-11-24(25)31-26)21-9-6-10-23(17-21)30-18-19-7-2-1-3-8-19/h1-17H,18H2/t32-/m1/s1. The zero-order chi connectivity index (χ0) is 21.9. The van der Waals surface area contributed by atoms with Crippen LogP contribution in [0.1, 0.15) is 16.7 Å². The molecule has 0 aromatic heterocycles. The zero-order valence-corrected chi connectivity index (χ0v) is 20.0. The number of ether oxygens (including phenoxy) is 2. The van der Waals surface area contributed by atoms with Crippen molar-refractivity contribution in [2.75, 3.05) is 0 Å². The quantitative estimate of drug-likeness (QED) is 0.254. The van der Waals surface area contributed by atoms with Crippen LogP contribution in [0.2, 0.25) is 0 Å². The Morgan fingerprint density at radius 2 is 1.53 bits per heavy atom. The molecule has 1 aliphatic heterocycles. The molecule has 0 N–H and O–H groups in total. The number of hydrogen-bond donors (Lipinski definition) is 0. The molecule has 1 atom stereocenters. The van der Waals surface area contributed by atoms with Gasteiger partial charge in [0.05, 0.1) is 20.6 Å². The van der Waals surface area contributed by atoms with Crippen molar-refractivity contribution in [3.63, 3.8) is 0 Å². The molecule has 158 valence electrons. The monoisotopic (exact) mass is 550 g/mol. The van der Waals surface area contributed by atoms with E-state index in [4.69, 9.17) is 9.47 Å². The lowest BCUT2D eigenvalue weighted by Gasteiger charge is -2.23. The van der Waals surface area contributed by atoms with E-state index in [2.05, 4.69) is 22.6 Å².